The number of aromatic nitrogens is 4. The molecule has 0 saturated carbocycles. The molecule has 1 amide bonds. The van der Waals surface area contributed by atoms with E-state index in [1.807, 2.05) is 0 Å². The first-order valence-electron chi connectivity index (χ1n) is 9.91. The molecular weight excluding hydrogens is 389 g/mol. The third kappa shape index (κ3) is 3.59. The number of nitrogens with one attached hydrogen (secondary N) is 2. The first-order valence-corrected chi connectivity index (χ1v) is 9.91. The van der Waals surface area contributed by atoms with Crippen LogP contribution in [0.15, 0.2) is 30.9 Å². The van der Waals surface area contributed by atoms with Gasteiger partial charge in [-0.15, -0.1) is 0 Å². The van der Waals surface area contributed by atoms with E-state index in [0.29, 0.717) is 23.3 Å². The summed E-state index contributed by atoms with van der Waals surface area (Å²) in [6.07, 6.45) is 6.34. The number of aryl methyl sites for hydroxylation is 1. The standard InChI is InChI=1S/C20H22FN7O2/c1-12-7-28-10-14(4-15(21)19(28)25-12)26-20(29)16-5-24-18(6-23-16)27-8-13(9-27)17-11-30-3-2-22-17/h4-7,10,13,17,22H,2-3,8-9,11H2,1H3,(H,26,29)/t17-/m1/s1. The molecule has 0 spiro atoms. The number of anilines is 2. The fourth-order valence-corrected chi connectivity index (χ4v) is 3.89. The molecule has 3 aromatic heterocycles. The van der Waals surface area contributed by atoms with Crippen molar-refractivity contribution in [2.45, 2.75) is 13.0 Å². The van der Waals surface area contributed by atoms with E-state index in [1.54, 1.807) is 29.9 Å². The quantitative estimate of drug-likeness (QED) is 0.667. The van der Waals surface area contributed by atoms with Crippen LogP contribution in [0.2, 0.25) is 0 Å². The Bertz CT molecular complexity index is 1070. The molecule has 5 rings (SSSR count). The normalized spacial score (nSPS) is 19.7. The summed E-state index contributed by atoms with van der Waals surface area (Å²) in [5.41, 5.74) is 1.40. The number of halogens is 1. The number of carbonyl (C=O) groups is 1. The Morgan fingerprint density at radius 3 is 2.90 bits per heavy atom. The van der Waals surface area contributed by atoms with Crippen LogP contribution >= 0.6 is 0 Å². The summed E-state index contributed by atoms with van der Waals surface area (Å²) in [7, 11) is 0. The van der Waals surface area contributed by atoms with E-state index in [2.05, 4.69) is 30.5 Å². The predicted molar refractivity (Wildman–Crippen MR) is 108 cm³/mol. The molecule has 156 valence electrons. The summed E-state index contributed by atoms with van der Waals surface area (Å²) in [6.45, 7) is 5.94. The van der Waals surface area contributed by atoms with E-state index >= 15 is 0 Å². The van der Waals surface area contributed by atoms with Gasteiger partial charge in [0.2, 0.25) is 0 Å². The summed E-state index contributed by atoms with van der Waals surface area (Å²) in [6, 6.07) is 1.62. The zero-order valence-corrected chi connectivity index (χ0v) is 16.5. The number of pyridine rings is 1. The van der Waals surface area contributed by atoms with Crippen LogP contribution in [-0.4, -0.2) is 64.1 Å². The Morgan fingerprint density at radius 1 is 1.30 bits per heavy atom. The van der Waals surface area contributed by atoms with E-state index in [-0.39, 0.29) is 11.3 Å². The molecule has 9 nitrogen and oxygen atoms in total. The van der Waals surface area contributed by atoms with Crippen LogP contribution in [0, 0.1) is 18.7 Å². The molecule has 1 atom stereocenters. The van der Waals surface area contributed by atoms with Gasteiger partial charge in [-0.2, -0.15) is 0 Å². The summed E-state index contributed by atoms with van der Waals surface area (Å²) >= 11 is 0. The molecule has 0 unspecified atom stereocenters. The molecular formula is C20H22FN7O2. The van der Waals surface area contributed by atoms with Gasteiger partial charge in [0.25, 0.3) is 5.91 Å². The zero-order chi connectivity index (χ0) is 20.7. The monoisotopic (exact) mass is 411 g/mol. The number of nitrogens with zero attached hydrogens (tertiary/aromatic N) is 5. The third-order valence-corrected chi connectivity index (χ3v) is 5.51. The third-order valence-electron chi connectivity index (χ3n) is 5.51. The fraction of sp³-hybridized carbons (Fsp3) is 0.400. The lowest BCUT2D eigenvalue weighted by molar-refractivity contribution is 0.0507. The average Bonchev–Trinajstić information content (AvgIpc) is 3.09. The minimum atomic E-state index is -0.507. The number of rotatable bonds is 4. The Morgan fingerprint density at radius 2 is 2.17 bits per heavy atom. The van der Waals surface area contributed by atoms with E-state index in [0.717, 1.165) is 38.7 Å². The molecule has 10 heteroatoms. The highest BCUT2D eigenvalue weighted by molar-refractivity contribution is 6.02. The summed E-state index contributed by atoms with van der Waals surface area (Å²) in [4.78, 5) is 27.3. The molecule has 0 aliphatic carbocycles. The first kappa shape index (κ1) is 18.9. The lowest BCUT2D eigenvalue weighted by Crippen LogP contribution is -2.59. The second-order valence-corrected chi connectivity index (χ2v) is 7.70. The number of imidazole rings is 1. The fourth-order valence-electron chi connectivity index (χ4n) is 3.89. The first-order chi connectivity index (χ1) is 14.6. The molecule has 0 bridgehead atoms. The minimum Gasteiger partial charge on any atom is -0.379 e. The van der Waals surface area contributed by atoms with Crippen molar-refractivity contribution in [1.82, 2.24) is 24.7 Å². The number of carbonyl (C=O) groups excluding carboxylic acids is 1. The van der Waals surface area contributed by atoms with Crippen LogP contribution in [0.1, 0.15) is 16.2 Å². The molecule has 0 aromatic carbocycles. The second-order valence-electron chi connectivity index (χ2n) is 7.70. The summed E-state index contributed by atoms with van der Waals surface area (Å²) in [5.74, 6) is 0.301. The Balaban J connectivity index is 1.22. The van der Waals surface area contributed by atoms with Crippen molar-refractivity contribution in [3.05, 3.63) is 48.1 Å². The molecule has 2 N–H and O–H groups in total. The van der Waals surface area contributed by atoms with Crippen molar-refractivity contribution in [2.24, 2.45) is 5.92 Å². The van der Waals surface area contributed by atoms with Crippen LogP contribution in [-0.2, 0) is 4.74 Å². The van der Waals surface area contributed by atoms with Gasteiger partial charge < -0.3 is 24.7 Å². The molecule has 2 aliphatic heterocycles. The van der Waals surface area contributed by atoms with Crippen molar-refractivity contribution >= 4 is 23.1 Å². The lowest BCUT2D eigenvalue weighted by Gasteiger charge is -2.45. The van der Waals surface area contributed by atoms with Crippen LogP contribution < -0.4 is 15.5 Å². The van der Waals surface area contributed by atoms with E-state index < -0.39 is 11.7 Å². The maximum atomic E-state index is 14.2. The van der Waals surface area contributed by atoms with Gasteiger partial charge in [-0.1, -0.05) is 0 Å². The Hall–Kier alpha value is -3.11. The van der Waals surface area contributed by atoms with Gasteiger partial charge in [-0.3, -0.25) is 4.79 Å². The van der Waals surface area contributed by atoms with E-state index in [9.17, 15) is 9.18 Å². The Labute approximate surface area is 172 Å². The predicted octanol–water partition coefficient (Wildman–Crippen LogP) is 1.25. The smallest absolute Gasteiger partial charge is 0.275 e. The lowest BCUT2D eigenvalue weighted by atomic mass is 9.91. The maximum Gasteiger partial charge on any atom is 0.275 e. The van der Waals surface area contributed by atoms with Gasteiger partial charge in [-0.25, -0.2) is 19.3 Å². The van der Waals surface area contributed by atoms with Crippen LogP contribution in [0.3, 0.4) is 0 Å². The van der Waals surface area contributed by atoms with E-state index in [4.69, 9.17) is 4.74 Å². The van der Waals surface area contributed by atoms with Crippen molar-refractivity contribution in [2.75, 3.05) is 43.1 Å². The molecule has 0 radical (unpaired) electrons. The molecule has 2 aliphatic rings. The molecule has 30 heavy (non-hydrogen) atoms. The van der Waals surface area contributed by atoms with Crippen LogP contribution in [0.4, 0.5) is 15.9 Å². The second kappa shape index (κ2) is 7.62. The number of amides is 1. The van der Waals surface area contributed by atoms with E-state index in [1.165, 1.54) is 12.3 Å². The number of ether oxygens (including phenoxy) is 1. The van der Waals surface area contributed by atoms with Gasteiger partial charge in [0, 0.05) is 50.1 Å². The number of hydrogen-bond acceptors (Lipinski definition) is 7. The number of morpholine rings is 1. The number of fused-ring (bicyclic) bond motifs is 1. The van der Waals surface area contributed by atoms with Crippen molar-refractivity contribution < 1.29 is 13.9 Å². The minimum absolute atomic E-state index is 0.167. The zero-order valence-electron chi connectivity index (χ0n) is 16.5. The SMILES string of the molecule is Cc1cn2cc(NC(=O)c3cnc(N4CC([C@H]5COCCN5)C4)cn3)cc(F)c2n1. The van der Waals surface area contributed by atoms with Gasteiger partial charge >= 0.3 is 0 Å². The highest BCUT2D eigenvalue weighted by Gasteiger charge is 2.35. The maximum absolute atomic E-state index is 14.2. The van der Waals surface area contributed by atoms with Crippen molar-refractivity contribution in [3.8, 4) is 0 Å². The van der Waals surface area contributed by atoms with Gasteiger partial charge in [0.15, 0.2) is 11.5 Å². The van der Waals surface area contributed by atoms with Gasteiger partial charge in [0.1, 0.15) is 11.5 Å². The largest absolute Gasteiger partial charge is 0.379 e. The number of hydrogen-bond donors (Lipinski definition) is 2. The molecule has 2 fully saturated rings. The van der Waals surface area contributed by atoms with Gasteiger partial charge in [0.05, 0.1) is 37.0 Å². The van der Waals surface area contributed by atoms with Crippen molar-refractivity contribution in [3.63, 3.8) is 0 Å². The molecule has 2 saturated heterocycles. The summed E-state index contributed by atoms with van der Waals surface area (Å²) < 4.78 is 21.3. The highest BCUT2D eigenvalue weighted by Crippen LogP contribution is 2.25. The average molecular weight is 411 g/mol. The van der Waals surface area contributed by atoms with Crippen LogP contribution in [0.5, 0.6) is 0 Å². The van der Waals surface area contributed by atoms with Crippen molar-refractivity contribution in [1.29, 1.82) is 0 Å². The van der Waals surface area contributed by atoms with Gasteiger partial charge in [-0.05, 0) is 6.92 Å². The Kier molecular flexibility index (Phi) is 4.80. The highest BCUT2D eigenvalue weighted by atomic mass is 19.1. The topological polar surface area (TPSA) is 96.7 Å². The molecule has 5 heterocycles. The summed E-state index contributed by atoms with van der Waals surface area (Å²) in [5, 5.41) is 6.14. The molecule has 3 aromatic rings. The van der Waals surface area contributed by atoms with Crippen LogP contribution in [0.25, 0.3) is 5.65 Å².